The van der Waals surface area contributed by atoms with Gasteiger partial charge in [0.05, 0.1) is 13.2 Å². The minimum absolute atomic E-state index is 0.00405. The second-order valence-corrected chi connectivity index (χ2v) is 6.15. The van der Waals surface area contributed by atoms with Crippen LogP contribution >= 0.6 is 27.5 Å². The number of hydrogen-bond donors (Lipinski definition) is 2. The number of methoxy groups -OCH3 is 1. The lowest BCUT2D eigenvalue weighted by molar-refractivity contribution is 0.413. The molecule has 0 fully saturated rings. The van der Waals surface area contributed by atoms with E-state index in [9.17, 15) is 0 Å². The summed E-state index contributed by atoms with van der Waals surface area (Å²) in [6.07, 6.45) is 0.745. The van der Waals surface area contributed by atoms with E-state index >= 15 is 0 Å². The Morgan fingerprint density at radius 2 is 2.05 bits per heavy atom. The summed E-state index contributed by atoms with van der Waals surface area (Å²) in [7, 11) is 1.66. The first-order valence-electron chi connectivity index (χ1n) is 6.59. The fourth-order valence-electron chi connectivity index (χ4n) is 2.21. The third-order valence-corrected chi connectivity index (χ3v) is 4.66. The molecule has 0 aliphatic heterocycles. The zero-order valence-corrected chi connectivity index (χ0v) is 14.3. The van der Waals surface area contributed by atoms with Crippen molar-refractivity contribution in [2.45, 2.75) is 19.4 Å². The summed E-state index contributed by atoms with van der Waals surface area (Å²) >= 11 is 9.65. The van der Waals surface area contributed by atoms with E-state index in [1.54, 1.807) is 7.11 Å². The molecule has 2 aromatic carbocycles. The van der Waals surface area contributed by atoms with Gasteiger partial charge in [0.2, 0.25) is 0 Å². The molecular formula is C16H18BrClN2O. The summed E-state index contributed by atoms with van der Waals surface area (Å²) in [5, 5.41) is 0.761. The molecule has 0 aromatic heterocycles. The first-order valence-corrected chi connectivity index (χ1v) is 7.77. The van der Waals surface area contributed by atoms with Crippen molar-refractivity contribution in [3.8, 4) is 5.75 Å². The first kappa shape index (κ1) is 16.3. The standard InChI is InChI=1S/C16H18BrClN2O/c1-10-7-11(3-6-15(10)18)16(20-19)9-12-8-13(21-2)4-5-14(12)17/h3-8,16,20H,9,19H2,1-2H3. The van der Waals surface area contributed by atoms with Gasteiger partial charge < -0.3 is 4.74 Å². The number of nitrogens with one attached hydrogen (secondary N) is 1. The lowest BCUT2D eigenvalue weighted by Gasteiger charge is -2.18. The van der Waals surface area contributed by atoms with Crippen LogP contribution < -0.4 is 16.0 Å². The normalized spacial score (nSPS) is 12.2. The van der Waals surface area contributed by atoms with Gasteiger partial charge in [-0.15, -0.1) is 0 Å². The van der Waals surface area contributed by atoms with Crippen LogP contribution in [-0.2, 0) is 6.42 Å². The average Bonchev–Trinajstić information content (AvgIpc) is 2.49. The minimum Gasteiger partial charge on any atom is -0.497 e. The molecule has 2 aromatic rings. The molecular weight excluding hydrogens is 352 g/mol. The fraction of sp³-hybridized carbons (Fsp3) is 0.250. The number of nitrogens with two attached hydrogens (primary N) is 1. The number of rotatable bonds is 5. The van der Waals surface area contributed by atoms with E-state index in [1.807, 2.05) is 37.3 Å². The van der Waals surface area contributed by atoms with Crippen molar-refractivity contribution in [2.75, 3.05) is 7.11 Å². The van der Waals surface area contributed by atoms with E-state index in [0.717, 1.165) is 38.4 Å². The van der Waals surface area contributed by atoms with E-state index in [1.165, 1.54) is 0 Å². The Balaban J connectivity index is 2.28. The van der Waals surface area contributed by atoms with Crippen molar-refractivity contribution in [3.05, 3.63) is 62.6 Å². The molecule has 0 saturated heterocycles. The van der Waals surface area contributed by atoms with E-state index < -0.39 is 0 Å². The molecule has 0 heterocycles. The maximum absolute atomic E-state index is 6.08. The average molecular weight is 370 g/mol. The van der Waals surface area contributed by atoms with Crippen LogP contribution in [-0.4, -0.2) is 7.11 Å². The van der Waals surface area contributed by atoms with Crippen LogP contribution in [0.5, 0.6) is 5.75 Å². The Bertz CT molecular complexity index is 634. The Kier molecular flexibility index (Phi) is 5.65. The molecule has 0 bridgehead atoms. The van der Waals surface area contributed by atoms with Crippen molar-refractivity contribution < 1.29 is 4.74 Å². The molecule has 1 atom stereocenters. The van der Waals surface area contributed by atoms with E-state index in [-0.39, 0.29) is 6.04 Å². The summed E-state index contributed by atoms with van der Waals surface area (Å²) in [4.78, 5) is 0. The molecule has 0 radical (unpaired) electrons. The smallest absolute Gasteiger partial charge is 0.119 e. The van der Waals surface area contributed by atoms with Gasteiger partial charge in [-0.3, -0.25) is 11.3 Å². The Labute approximate surface area is 138 Å². The van der Waals surface area contributed by atoms with E-state index in [0.29, 0.717) is 0 Å². The Morgan fingerprint density at radius 1 is 1.29 bits per heavy atom. The first-order chi connectivity index (χ1) is 10.0. The number of hydrazine groups is 1. The van der Waals surface area contributed by atoms with Crippen molar-refractivity contribution in [2.24, 2.45) is 5.84 Å². The predicted octanol–water partition coefficient (Wildman–Crippen LogP) is 4.17. The zero-order valence-electron chi connectivity index (χ0n) is 12.0. The van der Waals surface area contributed by atoms with Gasteiger partial charge in [-0.2, -0.15) is 0 Å². The lowest BCUT2D eigenvalue weighted by atomic mass is 9.98. The van der Waals surface area contributed by atoms with Gasteiger partial charge in [0.15, 0.2) is 0 Å². The summed E-state index contributed by atoms with van der Waals surface area (Å²) in [5.74, 6) is 6.56. The maximum atomic E-state index is 6.08. The number of aryl methyl sites for hydroxylation is 1. The van der Waals surface area contributed by atoms with Crippen molar-refractivity contribution in [3.63, 3.8) is 0 Å². The van der Waals surface area contributed by atoms with E-state index in [4.69, 9.17) is 22.2 Å². The lowest BCUT2D eigenvalue weighted by Crippen LogP contribution is -2.29. The number of halogens is 2. The highest BCUT2D eigenvalue weighted by molar-refractivity contribution is 9.10. The highest BCUT2D eigenvalue weighted by Crippen LogP contribution is 2.28. The molecule has 2 rings (SSSR count). The summed E-state index contributed by atoms with van der Waals surface area (Å²) in [6.45, 7) is 1.99. The molecule has 5 heteroatoms. The Morgan fingerprint density at radius 3 is 2.67 bits per heavy atom. The topological polar surface area (TPSA) is 47.3 Å². The molecule has 21 heavy (non-hydrogen) atoms. The van der Waals surface area contributed by atoms with Crippen LogP contribution in [0.15, 0.2) is 40.9 Å². The van der Waals surface area contributed by atoms with Crippen molar-refractivity contribution in [1.29, 1.82) is 0 Å². The predicted molar refractivity (Wildman–Crippen MR) is 90.7 cm³/mol. The number of benzene rings is 2. The summed E-state index contributed by atoms with van der Waals surface area (Å²) < 4.78 is 6.31. The third-order valence-electron chi connectivity index (χ3n) is 3.46. The van der Waals surface area contributed by atoms with Crippen molar-refractivity contribution >= 4 is 27.5 Å². The van der Waals surface area contributed by atoms with Crippen LogP contribution in [0, 0.1) is 6.92 Å². The van der Waals surface area contributed by atoms with Gasteiger partial charge in [0.1, 0.15) is 5.75 Å². The van der Waals surface area contributed by atoms with Gasteiger partial charge in [-0.1, -0.05) is 39.7 Å². The van der Waals surface area contributed by atoms with Gasteiger partial charge in [-0.05, 0) is 54.3 Å². The van der Waals surface area contributed by atoms with Gasteiger partial charge in [0.25, 0.3) is 0 Å². The fourth-order valence-corrected chi connectivity index (χ4v) is 2.74. The molecule has 3 nitrogen and oxygen atoms in total. The number of ether oxygens (including phenoxy) is 1. The van der Waals surface area contributed by atoms with Crippen LogP contribution in [0.4, 0.5) is 0 Å². The molecule has 112 valence electrons. The molecule has 3 N–H and O–H groups in total. The molecule has 0 amide bonds. The highest BCUT2D eigenvalue weighted by Gasteiger charge is 2.14. The molecule has 0 spiro atoms. The van der Waals surface area contributed by atoms with Crippen LogP contribution in [0.2, 0.25) is 5.02 Å². The zero-order chi connectivity index (χ0) is 15.4. The summed E-state index contributed by atoms with van der Waals surface area (Å²) in [5.41, 5.74) is 6.15. The summed E-state index contributed by atoms with van der Waals surface area (Å²) in [6, 6.07) is 11.9. The Hall–Kier alpha value is -1.07. The quantitative estimate of drug-likeness (QED) is 0.614. The van der Waals surface area contributed by atoms with E-state index in [2.05, 4.69) is 27.4 Å². The monoisotopic (exact) mass is 368 g/mol. The van der Waals surface area contributed by atoms with Crippen LogP contribution in [0.25, 0.3) is 0 Å². The maximum Gasteiger partial charge on any atom is 0.119 e. The molecule has 0 saturated carbocycles. The SMILES string of the molecule is COc1ccc(Br)c(CC(NN)c2ccc(Cl)c(C)c2)c1. The van der Waals surface area contributed by atoms with Crippen LogP contribution in [0.3, 0.4) is 0 Å². The number of hydrogen-bond acceptors (Lipinski definition) is 3. The second kappa shape index (κ2) is 7.27. The second-order valence-electron chi connectivity index (χ2n) is 4.89. The van der Waals surface area contributed by atoms with Crippen LogP contribution in [0.1, 0.15) is 22.7 Å². The molecule has 1 unspecified atom stereocenters. The highest BCUT2D eigenvalue weighted by atomic mass is 79.9. The minimum atomic E-state index is 0.00405. The molecule has 0 aliphatic carbocycles. The molecule has 0 aliphatic rings. The van der Waals surface area contributed by atoms with Crippen molar-refractivity contribution in [1.82, 2.24) is 5.43 Å². The van der Waals surface area contributed by atoms with Gasteiger partial charge in [0, 0.05) is 9.50 Å². The third kappa shape index (κ3) is 3.98. The van der Waals surface area contributed by atoms with Gasteiger partial charge >= 0.3 is 0 Å². The van der Waals surface area contributed by atoms with Gasteiger partial charge in [-0.25, -0.2) is 0 Å². The largest absolute Gasteiger partial charge is 0.497 e.